The minimum Gasteiger partial charge on any atom is -0.384 e. The first kappa shape index (κ1) is 10.1. The number of hydrogen-bond donors (Lipinski definition) is 1. The lowest BCUT2D eigenvalue weighted by molar-refractivity contribution is 0.0727. The van der Waals surface area contributed by atoms with Crippen molar-refractivity contribution >= 4 is 0 Å². The molecule has 0 aliphatic rings. The summed E-state index contributed by atoms with van der Waals surface area (Å²) in [7, 11) is 0. The first-order valence-corrected chi connectivity index (χ1v) is 4.47. The van der Waals surface area contributed by atoms with Gasteiger partial charge in [0.05, 0.1) is 11.4 Å². The Hall–Kier alpha value is -0.960. The Labute approximate surface area is 78.8 Å². The maximum Gasteiger partial charge on any atom is 0.103 e. The van der Waals surface area contributed by atoms with Gasteiger partial charge in [0.1, 0.15) is 5.60 Å². The van der Waals surface area contributed by atoms with Gasteiger partial charge < -0.3 is 5.11 Å². The summed E-state index contributed by atoms with van der Waals surface area (Å²) in [5.41, 5.74) is 0.660. The van der Waals surface area contributed by atoms with Crippen LogP contribution in [0, 0.1) is 0 Å². The summed E-state index contributed by atoms with van der Waals surface area (Å²) in [6.07, 6.45) is 0. The second-order valence-electron chi connectivity index (χ2n) is 4.06. The van der Waals surface area contributed by atoms with Gasteiger partial charge in [-0.25, -0.2) is 0 Å². The van der Waals surface area contributed by atoms with E-state index in [4.69, 9.17) is 0 Å². The molecule has 0 amide bonds. The molecule has 3 heteroatoms. The fraction of sp³-hybridized carbons (Fsp3) is 0.600. The number of rotatable bonds is 2. The topological polar surface area (TPSA) is 46.0 Å². The number of aliphatic hydroxyl groups is 1. The molecule has 0 aliphatic carbocycles. The Balaban J connectivity index is 2.94. The van der Waals surface area contributed by atoms with Gasteiger partial charge >= 0.3 is 0 Å². The standard InChI is InChI=1S/C10H16N2O/c1-7(2)8-5-6-9(12-11-8)10(3,4)13/h5-7,13H,1-4H3. The van der Waals surface area contributed by atoms with E-state index in [0.29, 0.717) is 11.6 Å². The molecular weight excluding hydrogens is 164 g/mol. The van der Waals surface area contributed by atoms with Gasteiger partial charge in [-0.2, -0.15) is 10.2 Å². The van der Waals surface area contributed by atoms with Crippen molar-refractivity contribution in [2.45, 2.75) is 39.2 Å². The van der Waals surface area contributed by atoms with Crippen LogP contribution in [0.25, 0.3) is 0 Å². The molecule has 0 aromatic carbocycles. The van der Waals surface area contributed by atoms with Crippen molar-refractivity contribution in [2.24, 2.45) is 0 Å². The molecule has 0 radical (unpaired) electrons. The van der Waals surface area contributed by atoms with Gasteiger partial charge in [0, 0.05) is 0 Å². The van der Waals surface area contributed by atoms with Crippen LogP contribution in [0.2, 0.25) is 0 Å². The molecule has 3 nitrogen and oxygen atoms in total. The molecule has 0 saturated heterocycles. The molecular formula is C10H16N2O. The molecule has 0 spiro atoms. The summed E-state index contributed by atoms with van der Waals surface area (Å²) >= 11 is 0. The highest BCUT2D eigenvalue weighted by Gasteiger charge is 2.18. The Morgan fingerprint density at radius 3 is 2.15 bits per heavy atom. The first-order valence-electron chi connectivity index (χ1n) is 4.47. The molecule has 0 fully saturated rings. The molecule has 1 rings (SSSR count). The fourth-order valence-corrected chi connectivity index (χ4v) is 0.977. The Bertz CT molecular complexity index is 272. The molecule has 0 atom stereocenters. The second-order valence-corrected chi connectivity index (χ2v) is 4.06. The maximum atomic E-state index is 9.62. The highest BCUT2D eigenvalue weighted by molar-refractivity contribution is 5.13. The molecule has 72 valence electrons. The zero-order valence-corrected chi connectivity index (χ0v) is 8.57. The van der Waals surface area contributed by atoms with E-state index in [1.54, 1.807) is 13.8 Å². The van der Waals surface area contributed by atoms with E-state index in [-0.39, 0.29) is 0 Å². The van der Waals surface area contributed by atoms with Crippen LogP contribution in [0.4, 0.5) is 0 Å². The highest BCUT2D eigenvalue weighted by atomic mass is 16.3. The summed E-state index contributed by atoms with van der Waals surface area (Å²) in [6, 6.07) is 3.73. The molecule has 13 heavy (non-hydrogen) atoms. The summed E-state index contributed by atoms with van der Waals surface area (Å²) in [4.78, 5) is 0. The van der Waals surface area contributed by atoms with Gasteiger partial charge in [0.25, 0.3) is 0 Å². The van der Waals surface area contributed by atoms with Gasteiger partial charge in [-0.05, 0) is 31.9 Å². The molecule has 1 heterocycles. The summed E-state index contributed by atoms with van der Waals surface area (Å²) in [6.45, 7) is 7.53. The summed E-state index contributed by atoms with van der Waals surface area (Å²) in [5.74, 6) is 0.378. The third kappa shape index (κ3) is 2.49. The number of nitrogens with zero attached hydrogens (tertiary/aromatic N) is 2. The zero-order valence-electron chi connectivity index (χ0n) is 8.57. The average molecular weight is 180 g/mol. The van der Waals surface area contributed by atoms with E-state index in [1.807, 2.05) is 12.1 Å². The van der Waals surface area contributed by atoms with Crippen molar-refractivity contribution in [1.82, 2.24) is 10.2 Å². The van der Waals surface area contributed by atoms with Crippen molar-refractivity contribution in [3.05, 3.63) is 23.5 Å². The largest absolute Gasteiger partial charge is 0.384 e. The molecule has 1 aromatic rings. The van der Waals surface area contributed by atoms with E-state index in [0.717, 1.165) is 5.69 Å². The van der Waals surface area contributed by atoms with Crippen LogP contribution in [0.1, 0.15) is 45.0 Å². The van der Waals surface area contributed by atoms with Crippen LogP contribution in [-0.4, -0.2) is 15.3 Å². The van der Waals surface area contributed by atoms with Crippen LogP contribution in [0.15, 0.2) is 12.1 Å². The van der Waals surface area contributed by atoms with Crippen molar-refractivity contribution < 1.29 is 5.11 Å². The first-order chi connectivity index (χ1) is 5.91. The van der Waals surface area contributed by atoms with Gasteiger partial charge in [0.2, 0.25) is 0 Å². The van der Waals surface area contributed by atoms with Crippen LogP contribution < -0.4 is 0 Å². The maximum absolute atomic E-state index is 9.62. The SMILES string of the molecule is CC(C)c1ccc(C(C)(C)O)nn1. The van der Waals surface area contributed by atoms with Gasteiger partial charge in [-0.15, -0.1) is 0 Å². The molecule has 0 saturated carbocycles. The van der Waals surface area contributed by atoms with Gasteiger partial charge in [-0.3, -0.25) is 0 Å². The predicted octanol–water partition coefficient (Wildman–Crippen LogP) is 1.83. The monoisotopic (exact) mass is 180 g/mol. The second kappa shape index (κ2) is 3.42. The minimum atomic E-state index is -0.900. The fourth-order valence-electron chi connectivity index (χ4n) is 0.977. The lowest BCUT2D eigenvalue weighted by atomic mass is 10.0. The van der Waals surface area contributed by atoms with Crippen molar-refractivity contribution in [1.29, 1.82) is 0 Å². The predicted molar refractivity (Wildman–Crippen MR) is 51.4 cm³/mol. The van der Waals surface area contributed by atoms with Gasteiger partial charge in [-0.1, -0.05) is 13.8 Å². The number of hydrogen-bond acceptors (Lipinski definition) is 3. The summed E-state index contributed by atoms with van der Waals surface area (Å²) in [5, 5.41) is 17.6. The molecule has 0 aliphatic heterocycles. The van der Waals surface area contributed by atoms with E-state index in [1.165, 1.54) is 0 Å². The minimum absolute atomic E-state index is 0.378. The third-order valence-electron chi connectivity index (χ3n) is 1.90. The molecule has 0 bridgehead atoms. The Morgan fingerprint density at radius 1 is 1.23 bits per heavy atom. The van der Waals surface area contributed by atoms with E-state index >= 15 is 0 Å². The lowest BCUT2D eigenvalue weighted by Gasteiger charge is -2.15. The highest BCUT2D eigenvalue weighted by Crippen LogP contribution is 2.17. The molecule has 1 aromatic heterocycles. The van der Waals surface area contributed by atoms with E-state index in [9.17, 15) is 5.11 Å². The summed E-state index contributed by atoms with van der Waals surface area (Å²) < 4.78 is 0. The molecule has 0 unspecified atom stereocenters. The van der Waals surface area contributed by atoms with Crippen molar-refractivity contribution in [2.75, 3.05) is 0 Å². The Kier molecular flexibility index (Phi) is 2.66. The van der Waals surface area contributed by atoms with E-state index in [2.05, 4.69) is 24.0 Å². The Morgan fingerprint density at radius 2 is 1.85 bits per heavy atom. The van der Waals surface area contributed by atoms with Crippen LogP contribution in [-0.2, 0) is 5.60 Å². The van der Waals surface area contributed by atoms with Gasteiger partial charge in [0.15, 0.2) is 0 Å². The van der Waals surface area contributed by atoms with Crippen LogP contribution in [0.5, 0.6) is 0 Å². The van der Waals surface area contributed by atoms with Crippen LogP contribution >= 0.6 is 0 Å². The number of aromatic nitrogens is 2. The van der Waals surface area contributed by atoms with Crippen molar-refractivity contribution in [3.8, 4) is 0 Å². The normalized spacial score (nSPS) is 12.2. The van der Waals surface area contributed by atoms with E-state index < -0.39 is 5.60 Å². The average Bonchev–Trinajstić information content (AvgIpc) is 2.03. The quantitative estimate of drug-likeness (QED) is 0.755. The van der Waals surface area contributed by atoms with Crippen LogP contribution in [0.3, 0.4) is 0 Å². The smallest absolute Gasteiger partial charge is 0.103 e. The zero-order chi connectivity index (χ0) is 10.1. The third-order valence-corrected chi connectivity index (χ3v) is 1.90. The lowest BCUT2D eigenvalue weighted by Crippen LogP contribution is -2.18. The molecule has 1 N–H and O–H groups in total. The van der Waals surface area contributed by atoms with Crippen molar-refractivity contribution in [3.63, 3.8) is 0 Å².